The molecule has 1 aliphatic rings. The van der Waals surface area contributed by atoms with Gasteiger partial charge in [0.15, 0.2) is 0 Å². The number of nitrogens with zero attached hydrogens (tertiary/aromatic N) is 1. The molecule has 1 saturated heterocycles. The van der Waals surface area contributed by atoms with Crippen LogP contribution in [0.5, 0.6) is 11.5 Å². The Labute approximate surface area is 205 Å². The topological polar surface area (TPSA) is 86.0 Å². The average Bonchev–Trinajstić information content (AvgIpc) is 2.80. The van der Waals surface area contributed by atoms with E-state index in [4.69, 9.17) is 31.5 Å². The van der Waals surface area contributed by atoms with Crippen molar-refractivity contribution in [2.75, 3.05) is 39.1 Å². The van der Waals surface area contributed by atoms with Gasteiger partial charge in [-0.25, -0.2) is 4.39 Å². The zero-order valence-electron chi connectivity index (χ0n) is 19.9. The molecule has 2 aromatic rings. The molecule has 186 valence electrons. The lowest BCUT2D eigenvalue weighted by Crippen LogP contribution is -2.55. The van der Waals surface area contributed by atoms with Gasteiger partial charge in [-0.05, 0) is 57.0 Å². The molecule has 0 aromatic heterocycles. The Bertz CT molecular complexity index is 958. The molecular weight excluding hydrogens is 461 g/mol. The highest BCUT2D eigenvalue weighted by atomic mass is 35.5. The third-order valence-electron chi connectivity index (χ3n) is 5.67. The number of carbonyl (C=O) groups excluding carboxylic acids is 1. The number of methoxy groups -OCH3 is 1. The fraction of sp³-hybridized carbons (Fsp3) is 0.480. The number of nitrogen functional groups attached to an aromatic ring is 1. The normalized spacial score (nSPS) is 18.6. The summed E-state index contributed by atoms with van der Waals surface area (Å²) in [5.41, 5.74) is 6.53. The Morgan fingerprint density at radius 2 is 2.03 bits per heavy atom. The minimum absolute atomic E-state index is 0.0201. The first-order valence-corrected chi connectivity index (χ1v) is 11.8. The minimum atomic E-state index is -0.281. The predicted octanol–water partition coefficient (Wildman–Crippen LogP) is 4.14. The molecule has 1 aliphatic heterocycles. The van der Waals surface area contributed by atoms with Crippen LogP contribution in [0.2, 0.25) is 5.02 Å². The molecule has 34 heavy (non-hydrogen) atoms. The lowest BCUT2D eigenvalue weighted by atomic mass is 10.00. The van der Waals surface area contributed by atoms with E-state index in [-0.39, 0.29) is 30.0 Å². The fourth-order valence-corrected chi connectivity index (χ4v) is 4.17. The zero-order chi connectivity index (χ0) is 24.7. The first kappa shape index (κ1) is 26.1. The van der Waals surface area contributed by atoms with Crippen LogP contribution in [0.1, 0.15) is 37.0 Å². The van der Waals surface area contributed by atoms with E-state index in [1.54, 1.807) is 18.2 Å². The van der Waals surface area contributed by atoms with E-state index in [1.165, 1.54) is 25.3 Å². The molecule has 9 heteroatoms. The summed E-state index contributed by atoms with van der Waals surface area (Å²) in [6.45, 7) is 6.85. The van der Waals surface area contributed by atoms with E-state index in [1.807, 2.05) is 13.8 Å². The second-order valence-corrected chi connectivity index (χ2v) is 9.03. The number of ether oxygens (including phenoxy) is 3. The Hall–Kier alpha value is -2.55. The van der Waals surface area contributed by atoms with Crippen molar-refractivity contribution < 1.29 is 23.4 Å². The molecule has 0 aliphatic carbocycles. The van der Waals surface area contributed by atoms with Crippen LogP contribution in [-0.2, 0) is 4.74 Å². The number of rotatable bonds is 10. The molecule has 1 amide bonds. The first-order chi connectivity index (χ1) is 16.3. The predicted molar refractivity (Wildman–Crippen MR) is 131 cm³/mol. The fourth-order valence-electron chi connectivity index (χ4n) is 4.01. The molecule has 2 atom stereocenters. The van der Waals surface area contributed by atoms with E-state index in [9.17, 15) is 9.18 Å². The number of hydrogen-bond donors (Lipinski definition) is 2. The van der Waals surface area contributed by atoms with Gasteiger partial charge >= 0.3 is 0 Å². The van der Waals surface area contributed by atoms with Crippen LogP contribution in [0.15, 0.2) is 36.4 Å². The summed E-state index contributed by atoms with van der Waals surface area (Å²) in [7, 11) is 1.49. The van der Waals surface area contributed by atoms with Crippen molar-refractivity contribution in [1.82, 2.24) is 10.2 Å². The van der Waals surface area contributed by atoms with Gasteiger partial charge in [0, 0.05) is 25.7 Å². The van der Waals surface area contributed by atoms with Crippen molar-refractivity contribution in [3.8, 4) is 11.5 Å². The van der Waals surface area contributed by atoms with Crippen LogP contribution in [0.3, 0.4) is 0 Å². The van der Waals surface area contributed by atoms with Crippen molar-refractivity contribution in [2.45, 2.75) is 44.9 Å². The van der Waals surface area contributed by atoms with Gasteiger partial charge in [-0.3, -0.25) is 4.79 Å². The molecule has 3 rings (SSSR count). The maximum absolute atomic E-state index is 13.0. The van der Waals surface area contributed by atoms with Gasteiger partial charge in [0.05, 0.1) is 48.2 Å². The van der Waals surface area contributed by atoms with Gasteiger partial charge < -0.3 is 30.2 Å². The third-order valence-corrected chi connectivity index (χ3v) is 6.00. The van der Waals surface area contributed by atoms with Crippen LogP contribution in [-0.4, -0.2) is 62.4 Å². The zero-order valence-corrected chi connectivity index (χ0v) is 20.6. The number of nitrogens with one attached hydrogen (secondary N) is 1. The highest BCUT2D eigenvalue weighted by Gasteiger charge is 2.32. The molecule has 1 fully saturated rings. The molecule has 0 radical (unpaired) electrons. The molecule has 0 unspecified atom stereocenters. The number of piperidine rings is 1. The summed E-state index contributed by atoms with van der Waals surface area (Å²) in [6, 6.07) is 8.95. The second-order valence-electron chi connectivity index (χ2n) is 8.62. The summed E-state index contributed by atoms with van der Waals surface area (Å²) >= 11 is 6.13. The van der Waals surface area contributed by atoms with E-state index in [0.717, 1.165) is 25.9 Å². The molecular formula is C25H33ClFN3O4. The van der Waals surface area contributed by atoms with Crippen molar-refractivity contribution in [1.29, 1.82) is 0 Å². The van der Waals surface area contributed by atoms with Gasteiger partial charge in [0.1, 0.15) is 17.3 Å². The van der Waals surface area contributed by atoms with E-state index in [2.05, 4.69) is 10.2 Å². The molecule has 2 aromatic carbocycles. The van der Waals surface area contributed by atoms with Crippen LogP contribution in [0.4, 0.5) is 10.1 Å². The quantitative estimate of drug-likeness (QED) is 0.382. The van der Waals surface area contributed by atoms with E-state index >= 15 is 0 Å². The Kier molecular flexibility index (Phi) is 9.38. The van der Waals surface area contributed by atoms with Crippen molar-refractivity contribution in [2.24, 2.45) is 0 Å². The van der Waals surface area contributed by atoms with Crippen molar-refractivity contribution >= 4 is 23.2 Å². The largest absolute Gasteiger partial charge is 0.496 e. The SMILES string of the molecule is COc1cc(N)c(Cl)cc1C(=O)N[C@H]1CCN(CCCOc2ccc(F)cc2)C[C@H]1OC(C)C. The lowest BCUT2D eigenvalue weighted by molar-refractivity contribution is -0.0505. The molecule has 3 N–H and O–H groups in total. The molecule has 1 heterocycles. The second kappa shape index (κ2) is 12.2. The highest BCUT2D eigenvalue weighted by molar-refractivity contribution is 6.33. The van der Waals surface area contributed by atoms with Gasteiger partial charge in [-0.2, -0.15) is 0 Å². The van der Waals surface area contributed by atoms with Gasteiger partial charge in [0.2, 0.25) is 0 Å². The Morgan fingerprint density at radius 1 is 1.29 bits per heavy atom. The van der Waals surface area contributed by atoms with E-state index < -0.39 is 0 Å². The number of halogens is 2. The number of carbonyl (C=O) groups is 1. The Balaban J connectivity index is 1.55. The van der Waals surface area contributed by atoms with Crippen LogP contribution in [0, 0.1) is 5.82 Å². The van der Waals surface area contributed by atoms with Gasteiger partial charge in [-0.15, -0.1) is 0 Å². The van der Waals surface area contributed by atoms with Crippen LogP contribution < -0.4 is 20.5 Å². The number of amides is 1. The lowest BCUT2D eigenvalue weighted by Gasteiger charge is -2.39. The maximum atomic E-state index is 13.0. The number of benzene rings is 2. The standard InChI is InChI=1S/C25H33ClFN3O4/c1-16(2)34-24-15-30(10-4-12-33-18-7-5-17(27)6-8-18)11-9-22(24)29-25(31)19-13-20(26)21(28)14-23(19)32-3/h5-8,13-14,16,22,24H,4,9-12,15,28H2,1-3H3,(H,29,31)/t22-,24+/m0/s1. The number of anilines is 1. The molecule has 0 spiro atoms. The first-order valence-electron chi connectivity index (χ1n) is 11.5. The number of likely N-dealkylation sites (tertiary alicyclic amines) is 1. The Morgan fingerprint density at radius 3 is 2.71 bits per heavy atom. The monoisotopic (exact) mass is 493 g/mol. The molecule has 0 saturated carbocycles. The number of hydrogen-bond acceptors (Lipinski definition) is 6. The van der Waals surface area contributed by atoms with Crippen LogP contribution >= 0.6 is 11.6 Å². The molecule has 7 nitrogen and oxygen atoms in total. The van der Waals surface area contributed by atoms with Crippen LogP contribution in [0.25, 0.3) is 0 Å². The summed E-state index contributed by atoms with van der Waals surface area (Å²) in [5, 5.41) is 3.40. The third kappa shape index (κ3) is 7.22. The summed E-state index contributed by atoms with van der Waals surface area (Å²) in [4.78, 5) is 15.3. The highest BCUT2D eigenvalue weighted by Crippen LogP contribution is 2.29. The van der Waals surface area contributed by atoms with Gasteiger partial charge in [-0.1, -0.05) is 11.6 Å². The summed E-state index contributed by atoms with van der Waals surface area (Å²) in [5.74, 6) is 0.472. The van der Waals surface area contributed by atoms with Crippen molar-refractivity contribution in [3.05, 3.63) is 52.8 Å². The van der Waals surface area contributed by atoms with E-state index in [0.29, 0.717) is 40.9 Å². The smallest absolute Gasteiger partial charge is 0.255 e. The molecule has 0 bridgehead atoms. The number of nitrogens with two attached hydrogens (primary N) is 1. The summed E-state index contributed by atoms with van der Waals surface area (Å²) < 4.78 is 30.2. The summed E-state index contributed by atoms with van der Waals surface area (Å²) in [6.07, 6.45) is 1.43. The van der Waals surface area contributed by atoms with Crippen molar-refractivity contribution in [3.63, 3.8) is 0 Å². The minimum Gasteiger partial charge on any atom is -0.496 e. The average molecular weight is 494 g/mol. The maximum Gasteiger partial charge on any atom is 0.255 e. The van der Waals surface area contributed by atoms with Gasteiger partial charge in [0.25, 0.3) is 5.91 Å².